The minimum absolute atomic E-state index is 0.205. The van der Waals surface area contributed by atoms with Crippen LogP contribution in [-0.4, -0.2) is 60.8 Å². The Morgan fingerprint density at radius 2 is 1.96 bits per heavy atom. The zero-order valence-electron chi connectivity index (χ0n) is 14.6. The summed E-state index contributed by atoms with van der Waals surface area (Å²) < 4.78 is 18.2. The number of aliphatic imine (C=N–C) groups is 1. The Balaban J connectivity index is 1.47. The summed E-state index contributed by atoms with van der Waals surface area (Å²) in [5, 5.41) is 7.12. The van der Waals surface area contributed by atoms with Crippen molar-refractivity contribution in [2.75, 3.05) is 44.7 Å². The first-order valence-corrected chi connectivity index (χ1v) is 8.41. The molecule has 0 unspecified atom stereocenters. The van der Waals surface area contributed by atoms with Gasteiger partial charge in [-0.15, -0.1) is 0 Å². The molecule has 1 N–H and O–H groups in total. The second-order valence-corrected chi connectivity index (χ2v) is 5.91. The third kappa shape index (κ3) is 4.46. The SMILES string of the molecule is CN=C(NCCc1nc(C)no1)N1CCN(c2ccc(F)cc2)CC1. The maximum atomic E-state index is 13.0. The Hall–Kier alpha value is -2.64. The summed E-state index contributed by atoms with van der Waals surface area (Å²) in [4.78, 5) is 13.0. The number of aryl methyl sites for hydroxylation is 1. The molecule has 1 aromatic carbocycles. The Kier molecular flexibility index (Phi) is 5.47. The molecular formula is C17H23FN6O. The predicted octanol–water partition coefficient (Wildman–Crippen LogP) is 1.46. The molecule has 0 bridgehead atoms. The van der Waals surface area contributed by atoms with Crippen LogP contribution in [0.4, 0.5) is 10.1 Å². The van der Waals surface area contributed by atoms with E-state index in [1.165, 1.54) is 12.1 Å². The topological polar surface area (TPSA) is 69.8 Å². The van der Waals surface area contributed by atoms with Crippen LogP contribution in [0.5, 0.6) is 0 Å². The molecule has 0 spiro atoms. The lowest BCUT2D eigenvalue weighted by Gasteiger charge is -2.37. The molecule has 1 saturated heterocycles. The largest absolute Gasteiger partial charge is 0.368 e. The fraction of sp³-hybridized carbons (Fsp3) is 0.471. The quantitative estimate of drug-likeness (QED) is 0.668. The smallest absolute Gasteiger partial charge is 0.228 e. The molecule has 0 atom stereocenters. The molecule has 3 rings (SSSR count). The number of hydrogen-bond donors (Lipinski definition) is 1. The molecule has 2 aromatic rings. The van der Waals surface area contributed by atoms with E-state index in [1.54, 1.807) is 14.0 Å². The van der Waals surface area contributed by atoms with Gasteiger partial charge in [-0.2, -0.15) is 4.98 Å². The fourth-order valence-electron chi connectivity index (χ4n) is 2.88. The van der Waals surface area contributed by atoms with Gasteiger partial charge in [0.25, 0.3) is 0 Å². The maximum absolute atomic E-state index is 13.0. The summed E-state index contributed by atoms with van der Waals surface area (Å²) >= 11 is 0. The van der Waals surface area contributed by atoms with Crippen molar-refractivity contribution in [3.05, 3.63) is 41.8 Å². The third-order valence-electron chi connectivity index (χ3n) is 4.17. The first kappa shape index (κ1) is 17.2. The van der Waals surface area contributed by atoms with Crippen LogP contribution in [0.25, 0.3) is 0 Å². The molecule has 1 aliphatic heterocycles. The number of halogens is 1. The van der Waals surface area contributed by atoms with Crippen LogP contribution in [0, 0.1) is 12.7 Å². The highest BCUT2D eigenvalue weighted by Crippen LogP contribution is 2.16. The Morgan fingerprint density at radius 1 is 1.24 bits per heavy atom. The molecule has 0 aliphatic carbocycles. The maximum Gasteiger partial charge on any atom is 0.228 e. The van der Waals surface area contributed by atoms with E-state index in [-0.39, 0.29) is 5.82 Å². The van der Waals surface area contributed by atoms with Crippen LogP contribution in [0.3, 0.4) is 0 Å². The molecule has 0 saturated carbocycles. The number of hydrogen-bond acceptors (Lipinski definition) is 5. The van der Waals surface area contributed by atoms with Crippen molar-refractivity contribution in [3.63, 3.8) is 0 Å². The van der Waals surface area contributed by atoms with Crippen LogP contribution in [0.2, 0.25) is 0 Å². The summed E-state index contributed by atoms with van der Waals surface area (Å²) in [6.45, 7) is 5.95. The summed E-state index contributed by atoms with van der Waals surface area (Å²) in [5.41, 5.74) is 1.05. The van der Waals surface area contributed by atoms with Gasteiger partial charge >= 0.3 is 0 Å². The summed E-state index contributed by atoms with van der Waals surface area (Å²) in [6.07, 6.45) is 0.662. The number of rotatable bonds is 4. The lowest BCUT2D eigenvalue weighted by atomic mass is 10.2. The average molecular weight is 346 g/mol. The molecule has 2 heterocycles. The number of piperazine rings is 1. The molecule has 8 heteroatoms. The monoisotopic (exact) mass is 346 g/mol. The molecule has 0 radical (unpaired) electrons. The second kappa shape index (κ2) is 7.96. The average Bonchev–Trinajstić information content (AvgIpc) is 3.05. The van der Waals surface area contributed by atoms with E-state index in [2.05, 4.69) is 30.2 Å². The van der Waals surface area contributed by atoms with Gasteiger partial charge in [0.05, 0.1) is 0 Å². The van der Waals surface area contributed by atoms with Crippen LogP contribution >= 0.6 is 0 Å². The first-order valence-electron chi connectivity index (χ1n) is 8.41. The minimum atomic E-state index is -0.205. The van der Waals surface area contributed by atoms with Crippen molar-refractivity contribution in [2.45, 2.75) is 13.3 Å². The standard InChI is InChI=1S/C17H23FN6O/c1-13-21-16(25-22-13)7-8-20-17(19-2)24-11-9-23(10-12-24)15-5-3-14(18)4-6-15/h3-6H,7-12H2,1-2H3,(H,19,20). The van der Waals surface area contributed by atoms with E-state index in [9.17, 15) is 4.39 Å². The van der Waals surface area contributed by atoms with Crippen LogP contribution < -0.4 is 10.2 Å². The zero-order valence-corrected chi connectivity index (χ0v) is 14.6. The summed E-state index contributed by atoms with van der Waals surface area (Å²) in [5.74, 6) is 1.94. The van der Waals surface area contributed by atoms with E-state index < -0.39 is 0 Å². The fourth-order valence-corrected chi connectivity index (χ4v) is 2.88. The number of anilines is 1. The van der Waals surface area contributed by atoms with Crippen molar-refractivity contribution >= 4 is 11.6 Å². The lowest BCUT2D eigenvalue weighted by Crippen LogP contribution is -2.52. The predicted molar refractivity (Wildman–Crippen MR) is 94.3 cm³/mol. The van der Waals surface area contributed by atoms with Crippen LogP contribution in [0.1, 0.15) is 11.7 Å². The zero-order chi connectivity index (χ0) is 17.6. The van der Waals surface area contributed by atoms with Gasteiger partial charge in [-0.3, -0.25) is 4.99 Å². The van der Waals surface area contributed by atoms with Gasteiger partial charge in [0.2, 0.25) is 5.89 Å². The molecule has 7 nitrogen and oxygen atoms in total. The number of nitrogens with zero attached hydrogens (tertiary/aromatic N) is 5. The van der Waals surface area contributed by atoms with Crippen LogP contribution in [-0.2, 0) is 6.42 Å². The van der Waals surface area contributed by atoms with Gasteiger partial charge in [0.1, 0.15) is 5.82 Å². The van der Waals surface area contributed by atoms with E-state index in [4.69, 9.17) is 4.52 Å². The highest BCUT2D eigenvalue weighted by Gasteiger charge is 2.19. The van der Waals surface area contributed by atoms with Gasteiger partial charge in [-0.05, 0) is 31.2 Å². The summed E-state index contributed by atoms with van der Waals surface area (Å²) in [7, 11) is 1.78. The normalized spacial score (nSPS) is 15.6. The molecule has 134 valence electrons. The first-order chi connectivity index (χ1) is 12.2. The Bertz CT molecular complexity index is 706. The molecular weight excluding hydrogens is 323 g/mol. The van der Waals surface area contributed by atoms with Gasteiger partial charge in [-0.25, -0.2) is 4.39 Å². The van der Waals surface area contributed by atoms with Crippen molar-refractivity contribution in [1.82, 2.24) is 20.4 Å². The van der Waals surface area contributed by atoms with Gasteiger partial charge in [-0.1, -0.05) is 5.16 Å². The van der Waals surface area contributed by atoms with E-state index in [0.29, 0.717) is 24.7 Å². The van der Waals surface area contributed by atoms with Crippen molar-refractivity contribution < 1.29 is 8.91 Å². The Labute approximate surface area is 146 Å². The number of benzene rings is 1. The van der Waals surface area contributed by atoms with E-state index in [0.717, 1.165) is 37.8 Å². The number of aromatic nitrogens is 2. The van der Waals surface area contributed by atoms with E-state index >= 15 is 0 Å². The summed E-state index contributed by atoms with van der Waals surface area (Å²) in [6, 6.07) is 6.65. The second-order valence-electron chi connectivity index (χ2n) is 5.91. The molecule has 0 amide bonds. The molecule has 1 aromatic heterocycles. The minimum Gasteiger partial charge on any atom is -0.368 e. The lowest BCUT2D eigenvalue weighted by molar-refractivity contribution is 0.363. The van der Waals surface area contributed by atoms with Crippen molar-refractivity contribution in [1.29, 1.82) is 0 Å². The molecule has 25 heavy (non-hydrogen) atoms. The molecule has 1 fully saturated rings. The van der Waals surface area contributed by atoms with Crippen LogP contribution in [0.15, 0.2) is 33.8 Å². The van der Waals surface area contributed by atoms with Gasteiger partial charge in [0.15, 0.2) is 11.8 Å². The van der Waals surface area contributed by atoms with Gasteiger partial charge < -0.3 is 19.6 Å². The highest BCUT2D eigenvalue weighted by molar-refractivity contribution is 5.80. The number of guanidine groups is 1. The van der Waals surface area contributed by atoms with E-state index in [1.807, 2.05) is 12.1 Å². The van der Waals surface area contributed by atoms with Crippen molar-refractivity contribution in [2.24, 2.45) is 4.99 Å². The van der Waals surface area contributed by atoms with Crippen molar-refractivity contribution in [3.8, 4) is 0 Å². The third-order valence-corrected chi connectivity index (χ3v) is 4.17. The molecule has 1 aliphatic rings. The highest BCUT2D eigenvalue weighted by atomic mass is 19.1. The number of nitrogens with one attached hydrogen (secondary N) is 1. The van der Waals surface area contributed by atoms with Gasteiger partial charge in [0, 0.05) is 51.9 Å². The Morgan fingerprint density at radius 3 is 2.56 bits per heavy atom.